The predicted octanol–water partition coefficient (Wildman–Crippen LogP) is 2.60. The summed E-state index contributed by atoms with van der Waals surface area (Å²) in [6, 6.07) is 10.1. The predicted molar refractivity (Wildman–Crippen MR) is 81.4 cm³/mol. The molecule has 0 aliphatic carbocycles. The Kier molecular flexibility index (Phi) is 4.82. The second kappa shape index (κ2) is 6.43. The lowest BCUT2D eigenvalue weighted by Gasteiger charge is -2.14. The minimum Gasteiger partial charge on any atom is -0.468 e. The summed E-state index contributed by atoms with van der Waals surface area (Å²) in [5, 5.41) is 3.11. The van der Waals surface area contributed by atoms with Crippen molar-refractivity contribution in [1.29, 1.82) is 0 Å². The van der Waals surface area contributed by atoms with Crippen molar-refractivity contribution in [2.45, 2.75) is 30.8 Å². The molecule has 1 aromatic carbocycles. The summed E-state index contributed by atoms with van der Waals surface area (Å²) >= 11 is 0. The molecule has 114 valence electrons. The monoisotopic (exact) mass is 308 g/mol. The highest BCUT2D eigenvalue weighted by Gasteiger charge is 2.19. The van der Waals surface area contributed by atoms with Crippen LogP contribution in [-0.4, -0.2) is 15.5 Å². The van der Waals surface area contributed by atoms with Gasteiger partial charge in [0.25, 0.3) is 0 Å². The van der Waals surface area contributed by atoms with Gasteiger partial charge in [-0.25, -0.2) is 13.1 Å². The van der Waals surface area contributed by atoms with Gasteiger partial charge in [-0.1, -0.05) is 12.1 Å². The van der Waals surface area contributed by atoms with E-state index in [-0.39, 0.29) is 10.9 Å². The number of furan rings is 1. The zero-order chi connectivity index (χ0) is 15.5. The zero-order valence-corrected chi connectivity index (χ0v) is 13.1. The van der Waals surface area contributed by atoms with Gasteiger partial charge in [0, 0.05) is 6.04 Å². The van der Waals surface area contributed by atoms with Crippen LogP contribution in [0.1, 0.15) is 37.3 Å². The molecule has 2 rings (SSSR count). The maximum Gasteiger partial charge on any atom is 0.241 e. The van der Waals surface area contributed by atoms with Gasteiger partial charge in [0.1, 0.15) is 5.76 Å². The molecule has 0 radical (unpaired) electrons. The minimum absolute atomic E-state index is 0.178. The van der Waals surface area contributed by atoms with E-state index in [1.54, 1.807) is 31.2 Å². The molecule has 21 heavy (non-hydrogen) atoms. The van der Waals surface area contributed by atoms with Crippen LogP contribution in [0.3, 0.4) is 0 Å². The summed E-state index contributed by atoms with van der Waals surface area (Å²) < 4.78 is 32.4. The van der Waals surface area contributed by atoms with Crippen LogP contribution in [0.4, 0.5) is 0 Å². The number of benzene rings is 1. The number of hydrogen-bond acceptors (Lipinski definition) is 4. The largest absolute Gasteiger partial charge is 0.468 e. The summed E-state index contributed by atoms with van der Waals surface area (Å²) in [5.41, 5.74) is 1.04. The second-order valence-electron chi connectivity index (χ2n) is 4.94. The second-order valence-corrected chi connectivity index (χ2v) is 6.65. The lowest BCUT2D eigenvalue weighted by molar-refractivity contribution is 0.459. The molecule has 2 aromatic rings. The highest BCUT2D eigenvalue weighted by atomic mass is 32.2. The Labute approximate surface area is 125 Å². The molecule has 0 spiro atoms. The number of rotatable bonds is 6. The fraction of sp³-hybridized carbons (Fsp3) is 0.333. The molecular formula is C15H20N2O3S. The first kappa shape index (κ1) is 15.8. The Morgan fingerprint density at radius 1 is 1.05 bits per heavy atom. The van der Waals surface area contributed by atoms with Crippen LogP contribution in [0, 0.1) is 0 Å². The van der Waals surface area contributed by atoms with Crippen molar-refractivity contribution >= 4 is 10.0 Å². The molecule has 2 atom stereocenters. The number of sulfonamides is 1. The third kappa shape index (κ3) is 3.72. The van der Waals surface area contributed by atoms with Crippen molar-refractivity contribution in [2.75, 3.05) is 7.05 Å². The SMILES string of the molecule is CNC(C)c1ccc(S(=O)(=O)NC(C)c2ccco2)cc1. The van der Waals surface area contributed by atoms with Crippen LogP contribution >= 0.6 is 0 Å². The standard InChI is InChI=1S/C15H20N2O3S/c1-11(16-3)13-6-8-14(9-7-13)21(18,19)17-12(2)15-5-4-10-20-15/h4-12,16-17H,1-3H3. The van der Waals surface area contributed by atoms with Crippen molar-refractivity contribution < 1.29 is 12.8 Å². The Morgan fingerprint density at radius 3 is 2.24 bits per heavy atom. The molecule has 0 saturated carbocycles. The Bertz CT molecular complexity index is 663. The normalized spacial score (nSPS) is 14.8. The van der Waals surface area contributed by atoms with Crippen molar-refractivity contribution in [1.82, 2.24) is 10.0 Å². The molecule has 5 nitrogen and oxygen atoms in total. The van der Waals surface area contributed by atoms with Gasteiger partial charge in [0.2, 0.25) is 10.0 Å². The van der Waals surface area contributed by atoms with Gasteiger partial charge >= 0.3 is 0 Å². The quantitative estimate of drug-likeness (QED) is 0.860. The van der Waals surface area contributed by atoms with E-state index < -0.39 is 16.1 Å². The first-order valence-electron chi connectivity index (χ1n) is 6.77. The van der Waals surface area contributed by atoms with Crippen molar-refractivity contribution in [3.8, 4) is 0 Å². The van der Waals surface area contributed by atoms with E-state index in [9.17, 15) is 8.42 Å². The van der Waals surface area contributed by atoms with Gasteiger partial charge in [-0.05, 0) is 50.7 Å². The first-order chi connectivity index (χ1) is 9.94. The fourth-order valence-corrected chi connectivity index (χ4v) is 3.21. The van der Waals surface area contributed by atoms with E-state index in [0.717, 1.165) is 5.56 Å². The average molecular weight is 308 g/mol. The van der Waals surface area contributed by atoms with Crippen molar-refractivity contribution in [3.63, 3.8) is 0 Å². The minimum atomic E-state index is -3.57. The zero-order valence-electron chi connectivity index (χ0n) is 12.3. The Balaban J connectivity index is 2.16. The average Bonchev–Trinajstić information content (AvgIpc) is 3.00. The fourth-order valence-electron chi connectivity index (χ4n) is 2.00. The Hall–Kier alpha value is -1.63. The smallest absolute Gasteiger partial charge is 0.241 e. The van der Waals surface area contributed by atoms with E-state index in [2.05, 4.69) is 10.0 Å². The van der Waals surface area contributed by atoms with Crippen LogP contribution in [0.2, 0.25) is 0 Å². The van der Waals surface area contributed by atoms with Gasteiger partial charge in [0.15, 0.2) is 0 Å². The molecule has 2 unspecified atom stereocenters. The maximum atomic E-state index is 12.3. The summed E-state index contributed by atoms with van der Waals surface area (Å²) in [5.74, 6) is 0.582. The third-order valence-electron chi connectivity index (χ3n) is 3.43. The van der Waals surface area contributed by atoms with Gasteiger partial charge in [-0.2, -0.15) is 0 Å². The van der Waals surface area contributed by atoms with Crippen LogP contribution in [-0.2, 0) is 10.0 Å². The van der Waals surface area contributed by atoms with Crippen LogP contribution in [0.25, 0.3) is 0 Å². The lowest BCUT2D eigenvalue weighted by Crippen LogP contribution is -2.26. The molecule has 2 N–H and O–H groups in total. The summed E-state index contributed by atoms with van der Waals surface area (Å²) in [6.45, 7) is 3.76. The van der Waals surface area contributed by atoms with Crippen LogP contribution < -0.4 is 10.0 Å². The van der Waals surface area contributed by atoms with E-state index in [1.165, 1.54) is 6.26 Å². The molecule has 0 aliphatic rings. The van der Waals surface area contributed by atoms with Crippen molar-refractivity contribution in [3.05, 3.63) is 54.0 Å². The molecule has 0 bridgehead atoms. The molecular weight excluding hydrogens is 288 g/mol. The lowest BCUT2D eigenvalue weighted by atomic mass is 10.1. The van der Waals surface area contributed by atoms with E-state index in [4.69, 9.17) is 4.42 Å². The van der Waals surface area contributed by atoms with E-state index in [1.807, 2.05) is 26.1 Å². The number of nitrogens with one attached hydrogen (secondary N) is 2. The molecule has 0 saturated heterocycles. The van der Waals surface area contributed by atoms with Crippen LogP contribution in [0.5, 0.6) is 0 Å². The van der Waals surface area contributed by atoms with Gasteiger partial charge in [0.05, 0.1) is 17.2 Å². The Morgan fingerprint density at radius 2 is 1.71 bits per heavy atom. The van der Waals surface area contributed by atoms with E-state index in [0.29, 0.717) is 5.76 Å². The molecule has 1 aromatic heterocycles. The molecule has 0 amide bonds. The van der Waals surface area contributed by atoms with Gasteiger partial charge in [-0.15, -0.1) is 0 Å². The summed E-state index contributed by atoms with van der Waals surface area (Å²) in [4.78, 5) is 0.243. The molecule has 0 aliphatic heterocycles. The van der Waals surface area contributed by atoms with Gasteiger partial charge < -0.3 is 9.73 Å². The van der Waals surface area contributed by atoms with Crippen LogP contribution in [0.15, 0.2) is 52.0 Å². The first-order valence-corrected chi connectivity index (χ1v) is 8.25. The molecule has 6 heteroatoms. The van der Waals surface area contributed by atoms with Crippen molar-refractivity contribution in [2.24, 2.45) is 0 Å². The maximum absolute atomic E-state index is 12.3. The molecule has 1 heterocycles. The molecule has 0 fully saturated rings. The highest BCUT2D eigenvalue weighted by Crippen LogP contribution is 2.19. The summed E-state index contributed by atoms with van der Waals surface area (Å²) in [7, 11) is -1.70. The number of hydrogen-bond donors (Lipinski definition) is 2. The topological polar surface area (TPSA) is 71.3 Å². The van der Waals surface area contributed by atoms with E-state index >= 15 is 0 Å². The highest BCUT2D eigenvalue weighted by molar-refractivity contribution is 7.89. The summed E-state index contributed by atoms with van der Waals surface area (Å²) in [6.07, 6.45) is 1.52. The van der Waals surface area contributed by atoms with Gasteiger partial charge in [-0.3, -0.25) is 0 Å². The third-order valence-corrected chi connectivity index (χ3v) is 4.98.